The van der Waals surface area contributed by atoms with Gasteiger partial charge >= 0.3 is 0 Å². The first-order valence-electron chi connectivity index (χ1n) is 7.78. The van der Waals surface area contributed by atoms with Crippen LogP contribution >= 0.6 is 0 Å². The molecule has 2 heterocycles. The molecular formula is C16H25N3. The van der Waals surface area contributed by atoms with Crippen LogP contribution in [0.15, 0.2) is 18.3 Å². The second-order valence-electron chi connectivity index (χ2n) is 6.07. The summed E-state index contributed by atoms with van der Waals surface area (Å²) < 4.78 is 0. The Morgan fingerprint density at radius 3 is 3.00 bits per heavy atom. The summed E-state index contributed by atoms with van der Waals surface area (Å²) in [4.78, 5) is 7.09. The molecule has 0 spiro atoms. The highest BCUT2D eigenvalue weighted by atomic mass is 15.2. The van der Waals surface area contributed by atoms with Gasteiger partial charge in [-0.15, -0.1) is 0 Å². The highest BCUT2D eigenvalue weighted by Crippen LogP contribution is 2.23. The van der Waals surface area contributed by atoms with E-state index in [1.54, 1.807) is 0 Å². The van der Waals surface area contributed by atoms with Gasteiger partial charge in [0.15, 0.2) is 0 Å². The van der Waals surface area contributed by atoms with E-state index in [0.717, 1.165) is 19.1 Å². The van der Waals surface area contributed by atoms with Crippen molar-refractivity contribution in [2.45, 2.75) is 64.1 Å². The van der Waals surface area contributed by atoms with Crippen molar-refractivity contribution in [3.05, 3.63) is 23.9 Å². The molecule has 1 unspecified atom stereocenters. The van der Waals surface area contributed by atoms with Crippen molar-refractivity contribution < 1.29 is 0 Å². The number of rotatable bonds is 4. The minimum atomic E-state index is 0.627. The molecule has 1 saturated heterocycles. The molecule has 1 aromatic heterocycles. The van der Waals surface area contributed by atoms with Crippen LogP contribution < -0.4 is 10.2 Å². The Morgan fingerprint density at radius 1 is 1.26 bits per heavy atom. The molecule has 3 nitrogen and oxygen atoms in total. The maximum atomic E-state index is 4.60. The van der Waals surface area contributed by atoms with Gasteiger partial charge in [-0.25, -0.2) is 4.98 Å². The summed E-state index contributed by atoms with van der Waals surface area (Å²) in [7, 11) is 0. The third-order valence-electron chi connectivity index (χ3n) is 4.33. The fraction of sp³-hybridized carbons (Fsp3) is 0.688. The van der Waals surface area contributed by atoms with Gasteiger partial charge in [-0.2, -0.15) is 0 Å². The molecule has 1 atom stereocenters. The lowest BCUT2D eigenvalue weighted by Crippen LogP contribution is -2.33. The van der Waals surface area contributed by atoms with Gasteiger partial charge in [-0.05, 0) is 50.3 Å². The van der Waals surface area contributed by atoms with E-state index in [1.165, 1.54) is 49.9 Å². The third kappa shape index (κ3) is 3.47. The smallest absolute Gasteiger partial charge is 0.129 e. The lowest BCUT2D eigenvalue weighted by atomic mass is 10.1. The molecule has 1 N–H and O–H groups in total. The van der Waals surface area contributed by atoms with Gasteiger partial charge in [0.2, 0.25) is 0 Å². The van der Waals surface area contributed by atoms with Gasteiger partial charge in [0.05, 0.1) is 0 Å². The van der Waals surface area contributed by atoms with Gasteiger partial charge < -0.3 is 10.2 Å². The number of hydrogen-bond acceptors (Lipinski definition) is 3. The summed E-state index contributed by atoms with van der Waals surface area (Å²) in [5.41, 5.74) is 1.37. The lowest BCUT2D eigenvalue weighted by Gasteiger charge is -2.28. The largest absolute Gasteiger partial charge is 0.354 e. The van der Waals surface area contributed by atoms with E-state index in [1.807, 2.05) is 6.20 Å². The zero-order valence-corrected chi connectivity index (χ0v) is 11.9. The zero-order valence-electron chi connectivity index (χ0n) is 11.9. The maximum absolute atomic E-state index is 4.60. The number of nitrogens with zero attached hydrogens (tertiary/aromatic N) is 2. The van der Waals surface area contributed by atoms with E-state index in [-0.39, 0.29) is 0 Å². The van der Waals surface area contributed by atoms with Crippen molar-refractivity contribution in [2.24, 2.45) is 0 Å². The summed E-state index contributed by atoms with van der Waals surface area (Å²) >= 11 is 0. The van der Waals surface area contributed by atoms with Crippen molar-refractivity contribution in [1.82, 2.24) is 10.3 Å². The molecule has 3 rings (SSSR count). The van der Waals surface area contributed by atoms with Gasteiger partial charge in [0, 0.05) is 31.4 Å². The van der Waals surface area contributed by atoms with E-state index < -0.39 is 0 Å². The van der Waals surface area contributed by atoms with Crippen LogP contribution in [0.1, 0.15) is 51.0 Å². The quantitative estimate of drug-likeness (QED) is 0.900. The van der Waals surface area contributed by atoms with Crippen LogP contribution in [-0.2, 0) is 6.54 Å². The van der Waals surface area contributed by atoms with E-state index in [2.05, 4.69) is 34.3 Å². The predicted molar refractivity (Wildman–Crippen MR) is 79.4 cm³/mol. The van der Waals surface area contributed by atoms with Gasteiger partial charge in [-0.3, -0.25) is 0 Å². The first-order chi connectivity index (χ1) is 9.33. The van der Waals surface area contributed by atoms with Crippen LogP contribution in [0.25, 0.3) is 0 Å². The highest BCUT2D eigenvalue weighted by molar-refractivity contribution is 5.42. The van der Waals surface area contributed by atoms with Crippen LogP contribution in [0.3, 0.4) is 0 Å². The predicted octanol–water partition coefficient (Wildman–Crippen LogP) is 3.10. The third-order valence-corrected chi connectivity index (χ3v) is 4.33. The van der Waals surface area contributed by atoms with Gasteiger partial charge in [0.1, 0.15) is 5.82 Å². The molecule has 3 heteroatoms. The Bertz CT molecular complexity index is 414. The van der Waals surface area contributed by atoms with Crippen molar-refractivity contribution in [2.75, 3.05) is 11.4 Å². The van der Waals surface area contributed by atoms with Crippen molar-refractivity contribution in [1.29, 1.82) is 0 Å². The fourth-order valence-electron chi connectivity index (χ4n) is 2.89. The van der Waals surface area contributed by atoms with Crippen molar-refractivity contribution in [3.8, 4) is 0 Å². The molecule has 1 saturated carbocycles. The highest BCUT2D eigenvalue weighted by Gasteiger charge is 2.21. The maximum Gasteiger partial charge on any atom is 0.129 e. The van der Waals surface area contributed by atoms with Gasteiger partial charge in [-0.1, -0.05) is 12.8 Å². The molecule has 1 aliphatic carbocycles. The Kier molecular flexibility index (Phi) is 4.02. The Labute approximate surface area is 116 Å². The minimum Gasteiger partial charge on any atom is -0.354 e. The molecule has 2 aliphatic rings. The molecule has 0 amide bonds. The second-order valence-corrected chi connectivity index (χ2v) is 6.07. The average molecular weight is 259 g/mol. The molecule has 2 fully saturated rings. The van der Waals surface area contributed by atoms with Crippen LogP contribution in [-0.4, -0.2) is 23.6 Å². The number of nitrogens with one attached hydrogen (secondary N) is 1. The topological polar surface area (TPSA) is 28.2 Å². The normalized spacial score (nSPS) is 24.3. The monoisotopic (exact) mass is 259 g/mol. The van der Waals surface area contributed by atoms with Crippen molar-refractivity contribution in [3.63, 3.8) is 0 Å². The Balaban J connectivity index is 1.69. The van der Waals surface area contributed by atoms with Crippen molar-refractivity contribution >= 4 is 5.82 Å². The summed E-state index contributed by atoms with van der Waals surface area (Å²) in [6.07, 6.45) is 9.99. The first-order valence-corrected chi connectivity index (χ1v) is 7.78. The number of anilines is 1. The molecule has 104 valence electrons. The second kappa shape index (κ2) is 5.91. The lowest BCUT2D eigenvalue weighted by molar-refractivity contribution is 0.610. The average Bonchev–Trinajstić information content (AvgIpc) is 3.24. The standard InChI is InChI=1S/C16H25N3/c1-13-5-3-2-4-10-19(13)16-11-14(8-9-17-16)12-18-15-6-7-15/h8-9,11,13,15,18H,2-7,10,12H2,1H3. The Morgan fingerprint density at radius 2 is 2.16 bits per heavy atom. The Hall–Kier alpha value is -1.09. The van der Waals surface area contributed by atoms with Gasteiger partial charge in [0.25, 0.3) is 0 Å². The van der Waals surface area contributed by atoms with E-state index in [4.69, 9.17) is 0 Å². The fourth-order valence-corrected chi connectivity index (χ4v) is 2.89. The van der Waals surface area contributed by atoms with E-state index in [0.29, 0.717) is 6.04 Å². The molecule has 19 heavy (non-hydrogen) atoms. The van der Waals surface area contributed by atoms with Crippen LogP contribution in [0.4, 0.5) is 5.82 Å². The van der Waals surface area contributed by atoms with Crippen LogP contribution in [0.5, 0.6) is 0 Å². The SMILES string of the molecule is CC1CCCCCN1c1cc(CNC2CC2)ccn1. The number of hydrogen-bond donors (Lipinski definition) is 1. The molecule has 1 aliphatic heterocycles. The van der Waals surface area contributed by atoms with Crippen LogP contribution in [0, 0.1) is 0 Å². The van der Waals surface area contributed by atoms with E-state index >= 15 is 0 Å². The first kappa shape index (κ1) is 12.9. The number of aromatic nitrogens is 1. The summed E-state index contributed by atoms with van der Waals surface area (Å²) in [6, 6.07) is 5.81. The minimum absolute atomic E-state index is 0.627. The molecule has 0 radical (unpaired) electrons. The molecule has 1 aromatic rings. The summed E-state index contributed by atoms with van der Waals surface area (Å²) in [5, 5.41) is 3.58. The van der Waals surface area contributed by atoms with Crippen LogP contribution in [0.2, 0.25) is 0 Å². The summed E-state index contributed by atoms with van der Waals surface area (Å²) in [5.74, 6) is 1.17. The summed E-state index contributed by atoms with van der Waals surface area (Å²) in [6.45, 7) is 4.48. The zero-order chi connectivity index (χ0) is 13.1. The van der Waals surface area contributed by atoms with E-state index in [9.17, 15) is 0 Å². The molecule has 0 bridgehead atoms. The number of pyridine rings is 1. The molecule has 0 aromatic carbocycles. The molecular weight excluding hydrogens is 234 g/mol.